The van der Waals surface area contributed by atoms with E-state index in [2.05, 4.69) is 15.7 Å². The average Bonchev–Trinajstić information content (AvgIpc) is 2.49. The van der Waals surface area contributed by atoms with Gasteiger partial charge in [0.1, 0.15) is 11.6 Å². The fourth-order valence-electron chi connectivity index (χ4n) is 1.71. The maximum atomic E-state index is 11.0. The average molecular weight is 289 g/mol. The van der Waals surface area contributed by atoms with Crippen LogP contribution in [0, 0.1) is 10.1 Å². The molecule has 0 fully saturated rings. The first-order valence-corrected chi connectivity index (χ1v) is 6.26. The predicted molar refractivity (Wildman–Crippen MR) is 79.6 cm³/mol. The minimum absolute atomic E-state index is 0.111. The van der Waals surface area contributed by atoms with Crippen molar-refractivity contribution in [2.75, 3.05) is 17.3 Å². The van der Waals surface area contributed by atoms with Gasteiger partial charge in [-0.15, -0.1) is 0 Å². The Morgan fingerprint density at radius 1 is 1.29 bits per heavy atom. The fourth-order valence-corrected chi connectivity index (χ4v) is 1.71. The van der Waals surface area contributed by atoms with Crippen molar-refractivity contribution in [3.63, 3.8) is 0 Å². The number of benzene rings is 1. The lowest BCUT2D eigenvalue weighted by molar-refractivity contribution is -0.384. The minimum Gasteiger partial charge on any atom is -0.494 e. The van der Waals surface area contributed by atoms with Gasteiger partial charge in [0.15, 0.2) is 0 Å². The number of aromatic nitrogens is 1. The molecule has 2 rings (SSSR count). The summed E-state index contributed by atoms with van der Waals surface area (Å²) in [5.41, 5.74) is 2.87. The third kappa shape index (κ3) is 3.57. The number of hydrazine groups is 1. The summed E-state index contributed by atoms with van der Waals surface area (Å²) >= 11 is 0. The molecule has 1 aromatic heterocycles. The molecule has 0 amide bonds. The molecule has 0 unspecified atom stereocenters. The molecule has 0 saturated carbocycles. The van der Waals surface area contributed by atoms with Crippen molar-refractivity contribution in [1.82, 2.24) is 4.98 Å². The number of anilines is 3. The summed E-state index contributed by atoms with van der Waals surface area (Å²) in [6, 6.07) is 9.80. The van der Waals surface area contributed by atoms with E-state index in [1.165, 1.54) is 12.1 Å². The highest BCUT2D eigenvalue weighted by Gasteiger charge is 2.16. The van der Waals surface area contributed by atoms with Crippen LogP contribution in [0.2, 0.25) is 0 Å². The second-order valence-corrected chi connectivity index (χ2v) is 4.05. The van der Waals surface area contributed by atoms with Crippen LogP contribution in [0.25, 0.3) is 0 Å². The van der Waals surface area contributed by atoms with Crippen molar-refractivity contribution in [2.24, 2.45) is 5.84 Å². The largest absolute Gasteiger partial charge is 0.494 e. The number of hydrogen-bond acceptors (Lipinski definition) is 7. The molecule has 0 bridgehead atoms. The van der Waals surface area contributed by atoms with E-state index in [4.69, 9.17) is 10.6 Å². The Hall–Kier alpha value is -2.87. The molecule has 0 aliphatic rings. The van der Waals surface area contributed by atoms with Crippen LogP contribution in [0.3, 0.4) is 0 Å². The van der Waals surface area contributed by atoms with Gasteiger partial charge in [-0.05, 0) is 37.3 Å². The zero-order valence-corrected chi connectivity index (χ0v) is 11.4. The van der Waals surface area contributed by atoms with E-state index in [1.54, 1.807) is 24.3 Å². The molecule has 2 aromatic rings. The molecule has 110 valence electrons. The second kappa shape index (κ2) is 6.53. The summed E-state index contributed by atoms with van der Waals surface area (Å²) < 4.78 is 5.33. The van der Waals surface area contributed by atoms with Crippen LogP contribution < -0.4 is 21.3 Å². The summed E-state index contributed by atoms with van der Waals surface area (Å²) in [5.74, 6) is 6.43. The fraction of sp³-hybridized carbons (Fsp3) is 0.154. The number of nitrogens with two attached hydrogens (primary N) is 1. The first-order chi connectivity index (χ1) is 10.1. The topological polar surface area (TPSA) is 115 Å². The van der Waals surface area contributed by atoms with Crippen molar-refractivity contribution < 1.29 is 9.66 Å². The highest BCUT2D eigenvalue weighted by atomic mass is 16.6. The third-order valence-corrected chi connectivity index (χ3v) is 2.65. The predicted octanol–water partition coefficient (Wildman–Crippen LogP) is 2.42. The van der Waals surface area contributed by atoms with E-state index < -0.39 is 4.92 Å². The van der Waals surface area contributed by atoms with Crippen LogP contribution in [-0.2, 0) is 0 Å². The lowest BCUT2D eigenvalue weighted by Gasteiger charge is -2.09. The van der Waals surface area contributed by atoms with Gasteiger partial charge in [0.2, 0.25) is 5.82 Å². The first-order valence-electron chi connectivity index (χ1n) is 6.26. The van der Waals surface area contributed by atoms with Crippen LogP contribution in [0.4, 0.5) is 23.0 Å². The van der Waals surface area contributed by atoms with Crippen LogP contribution in [0.5, 0.6) is 5.75 Å². The van der Waals surface area contributed by atoms with E-state index in [-0.39, 0.29) is 11.5 Å². The summed E-state index contributed by atoms with van der Waals surface area (Å²) in [4.78, 5) is 14.5. The first kappa shape index (κ1) is 14.5. The summed E-state index contributed by atoms with van der Waals surface area (Å²) in [5, 5.41) is 13.9. The van der Waals surface area contributed by atoms with E-state index in [0.29, 0.717) is 18.1 Å². The molecule has 1 aromatic carbocycles. The minimum atomic E-state index is -0.510. The molecule has 4 N–H and O–H groups in total. The van der Waals surface area contributed by atoms with E-state index in [1.807, 2.05) is 6.92 Å². The van der Waals surface area contributed by atoms with Gasteiger partial charge in [-0.25, -0.2) is 10.8 Å². The van der Waals surface area contributed by atoms with Gasteiger partial charge < -0.3 is 15.5 Å². The SMILES string of the molecule is CCOc1ccc(Nc2nc(NN)ccc2[N+](=O)[O-])cc1. The number of nitrogens with zero attached hydrogens (tertiary/aromatic N) is 2. The summed E-state index contributed by atoms with van der Waals surface area (Å²) in [7, 11) is 0. The van der Waals surface area contributed by atoms with Crippen LogP contribution in [-0.4, -0.2) is 16.5 Å². The van der Waals surface area contributed by atoms with Gasteiger partial charge in [-0.1, -0.05) is 0 Å². The van der Waals surface area contributed by atoms with Crippen molar-refractivity contribution in [3.8, 4) is 5.75 Å². The standard InChI is InChI=1S/C13H15N5O3/c1-2-21-10-5-3-9(4-6-10)15-13-11(18(19)20)7-8-12(16-13)17-14/h3-8H,2,14H2,1H3,(H2,15,16,17). The molecule has 0 saturated heterocycles. The molecule has 0 atom stereocenters. The van der Waals surface area contributed by atoms with E-state index in [0.717, 1.165) is 5.75 Å². The molecule has 1 heterocycles. The smallest absolute Gasteiger partial charge is 0.311 e. The molecule has 0 radical (unpaired) electrons. The van der Waals surface area contributed by atoms with Crippen molar-refractivity contribution in [2.45, 2.75) is 6.92 Å². The molecular weight excluding hydrogens is 274 g/mol. The zero-order chi connectivity index (χ0) is 15.2. The van der Waals surface area contributed by atoms with Gasteiger partial charge in [0.25, 0.3) is 0 Å². The molecule has 21 heavy (non-hydrogen) atoms. The number of hydrogen-bond donors (Lipinski definition) is 3. The Balaban J connectivity index is 2.26. The summed E-state index contributed by atoms with van der Waals surface area (Å²) in [6.45, 7) is 2.47. The Bertz CT molecular complexity index is 630. The lowest BCUT2D eigenvalue weighted by Crippen LogP contribution is -2.10. The zero-order valence-electron chi connectivity index (χ0n) is 11.4. The van der Waals surface area contributed by atoms with Crippen LogP contribution >= 0.6 is 0 Å². The molecule has 8 nitrogen and oxygen atoms in total. The molecule has 0 aliphatic heterocycles. The molecular formula is C13H15N5O3. The monoisotopic (exact) mass is 289 g/mol. The number of rotatable bonds is 6. The van der Waals surface area contributed by atoms with Crippen LogP contribution in [0.1, 0.15) is 6.92 Å². The highest BCUT2D eigenvalue weighted by Crippen LogP contribution is 2.27. The normalized spacial score (nSPS) is 10.0. The highest BCUT2D eigenvalue weighted by molar-refractivity contribution is 5.67. The Kier molecular flexibility index (Phi) is 4.52. The van der Waals surface area contributed by atoms with Gasteiger partial charge in [-0.2, -0.15) is 0 Å². The lowest BCUT2D eigenvalue weighted by atomic mass is 10.3. The number of nitrogen functional groups attached to an aromatic ring is 1. The van der Waals surface area contributed by atoms with Crippen molar-refractivity contribution in [1.29, 1.82) is 0 Å². The number of nitrogens with one attached hydrogen (secondary N) is 2. The quantitative estimate of drug-likeness (QED) is 0.425. The van der Waals surface area contributed by atoms with Gasteiger partial charge in [-0.3, -0.25) is 10.1 Å². The van der Waals surface area contributed by atoms with E-state index in [9.17, 15) is 10.1 Å². The second-order valence-electron chi connectivity index (χ2n) is 4.05. The molecule has 0 spiro atoms. The maximum absolute atomic E-state index is 11.0. The Labute approximate surface area is 121 Å². The molecule has 8 heteroatoms. The van der Waals surface area contributed by atoms with Gasteiger partial charge >= 0.3 is 5.69 Å². The third-order valence-electron chi connectivity index (χ3n) is 2.65. The Morgan fingerprint density at radius 2 is 2.00 bits per heavy atom. The van der Waals surface area contributed by atoms with Gasteiger partial charge in [0.05, 0.1) is 11.5 Å². The van der Waals surface area contributed by atoms with Crippen LogP contribution in [0.15, 0.2) is 36.4 Å². The number of pyridine rings is 1. The Morgan fingerprint density at radius 3 is 2.57 bits per heavy atom. The number of ether oxygens (including phenoxy) is 1. The number of nitro groups is 1. The van der Waals surface area contributed by atoms with Gasteiger partial charge in [0, 0.05) is 11.8 Å². The molecule has 0 aliphatic carbocycles. The van der Waals surface area contributed by atoms with E-state index >= 15 is 0 Å². The summed E-state index contributed by atoms with van der Waals surface area (Å²) in [6.07, 6.45) is 0. The maximum Gasteiger partial charge on any atom is 0.311 e. The van der Waals surface area contributed by atoms with Crippen molar-refractivity contribution in [3.05, 3.63) is 46.5 Å². The van der Waals surface area contributed by atoms with Crippen molar-refractivity contribution >= 4 is 23.0 Å².